The first-order valence-electron chi connectivity index (χ1n) is 7.94. The lowest BCUT2D eigenvalue weighted by atomic mass is 9.84. The monoisotopic (exact) mass is 298 g/mol. The van der Waals surface area contributed by atoms with Gasteiger partial charge in [-0.3, -0.25) is 4.79 Å². The molecule has 0 saturated heterocycles. The first-order valence-corrected chi connectivity index (χ1v) is 7.94. The van der Waals surface area contributed by atoms with Crippen LogP contribution in [0.25, 0.3) is 0 Å². The molecule has 6 nitrogen and oxygen atoms in total. The van der Waals surface area contributed by atoms with Gasteiger partial charge in [0.25, 0.3) is 0 Å². The van der Waals surface area contributed by atoms with Crippen molar-refractivity contribution < 1.29 is 19.4 Å². The second-order valence-electron chi connectivity index (χ2n) is 5.95. The van der Waals surface area contributed by atoms with Gasteiger partial charge >= 0.3 is 12.0 Å². The quantitative estimate of drug-likeness (QED) is 0.699. The van der Waals surface area contributed by atoms with Crippen LogP contribution in [0.15, 0.2) is 0 Å². The van der Waals surface area contributed by atoms with E-state index in [1.54, 1.807) is 4.90 Å². The van der Waals surface area contributed by atoms with Gasteiger partial charge < -0.3 is 20.1 Å². The molecule has 0 radical (unpaired) electrons. The van der Waals surface area contributed by atoms with Crippen molar-refractivity contribution in [2.75, 3.05) is 26.3 Å². The number of amides is 2. The highest BCUT2D eigenvalue weighted by Crippen LogP contribution is 2.48. The Hall–Kier alpha value is -1.30. The number of carbonyl (C=O) groups is 2. The maximum absolute atomic E-state index is 12.3. The zero-order valence-corrected chi connectivity index (χ0v) is 12.9. The normalized spacial score (nSPS) is 30.4. The van der Waals surface area contributed by atoms with Crippen molar-refractivity contribution in [3.63, 3.8) is 0 Å². The van der Waals surface area contributed by atoms with Gasteiger partial charge in [-0.1, -0.05) is 0 Å². The summed E-state index contributed by atoms with van der Waals surface area (Å²) in [5.74, 6) is -0.634. The number of carbonyl (C=O) groups excluding carboxylic acids is 1. The number of carboxylic acid groups (broad SMARTS) is 1. The summed E-state index contributed by atoms with van der Waals surface area (Å²) in [6, 6.07) is -0.379. The zero-order chi connectivity index (χ0) is 15.4. The third-order valence-corrected chi connectivity index (χ3v) is 4.87. The number of hydrogen-bond acceptors (Lipinski definition) is 3. The number of aliphatic carboxylic acids is 1. The van der Waals surface area contributed by atoms with Gasteiger partial charge in [0.1, 0.15) is 0 Å². The van der Waals surface area contributed by atoms with Gasteiger partial charge in [0, 0.05) is 25.7 Å². The van der Waals surface area contributed by atoms with Crippen molar-refractivity contribution >= 4 is 12.0 Å². The van der Waals surface area contributed by atoms with Crippen molar-refractivity contribution in [3.8, 4) is 0 Å². The van der Waals surface area contributed by atoms with E-state index < -0.39 is 11.9 Å². The second-order valence-corrected chi connectivity index (χ2v) is 5.95. The molecule has 0 aromatic heterocycles. The summed E-state index contributed by atoms with van der Waals surface area (Å²) in [6.45, 7) is 6.11. The van der Waals surface area contributed by atoms with E-state index in [1.165, 1.54) is 0 Å². The molecule has 2 rings (SSSR count). The molecule has 2 amide bonds. The van der Waals surface area contributed by atoms with Crippen LogP contribution in [0.2, 0.25) is 0 Å². The van der Waals surface area contributed by atoms with Gasteiger partial charge in [-0.2, -0.15) is 0 Å². The Kier molecular flexibility index (Phi) is 5.45. The lowest BCUT2D eigenvalue weighted by molar-refractivity contribution is -0.144. The zero-order valence-electron chi connectivity index (χ0n) is 12.9. The van der Waals surface area contributed by atoms with E-state index in [9.17, 15) is 14.7 Å². The maximum Gasteiger partial charge on any atom is 0.317 e. The van der Waals surface area contributed by atoms with E-state index in [1.807, 2.05) is 13.8 Å². The van der Waals surface area contributed by atoms with Crippen LogP contribution in [0.4, 0.5) is 4.79 Å². The molecule has 0 heterocycles. The fourth-order valence-electron chi connectivity index (χ4n) is 3.81. The van der Waals surface area contributed by atoms with Crippen molar-refractivity contribution in [1.29, 1.82) is 0 Å². The van der Waals surface area contributed by atoms with Crippen LogP contribution in [0.3, 0.4) is 0 Å². The summed E-state index contributed by atoms with van der Waals surface area (Å²) in [7, 11) is 0. The van der Waals surface area contributed by atoms with Gasteiger partial charge in [-0.05, 0) is 44.9 Å². The highest BCUT2D eigenvalue weighted by molar-refractivity contribution is 5.77. The van der Waals surface area contributed by atoms with Crippen molar-refractivity contribution in [1.82, 2.24) is 10.2 Å². The molecule has 2 bridgehead atoms. The molecule has 2 aliphatic rings. The summed E-state index contributed by atoms with van der Waals surface area (Å²) >= 11 is 0. The predicted octanol–water partition coefficient (Wildman–Crippen LogP) is 1.55. The van der Waals surface area contributed by atoms with Crippen LogP contribution < -0.4 is 5.32 Å². The Balaban J connectivity index is 1.92. The Morgan fingerprint density at radius 1 is 1.29 bits per heavy atom. The molecule has 0 aromatic rings. The minimum Gasteiger partial charge on any atom is -0.481 e. The molecule has 2 fully saturated rings. The third-order valence-electron chi connectivity index (χ3n) is 4.87. The first kappa shape index (κ1) is 16.1. The Morgan fingerprint density at radius 2 is 2.00 bits per heavy atom. The molecular weight excluding hydrogens is 272 g/mol. The van der Waals surface area contributed by atoms with Crippen molar-refractivity contribution in [2.45, 2.75) is 39.2 Å². The van der Waals surface area contributed by atoms with Crippen molar-refractivity contribution in [3.05, 3.63) is 0 Å². The summed E-state index contributed by atoms with van der Waals surface area (Å²) in [4.78, 5) is 25.5. The molecule has 6 heteroatoms. The molecule has 4 atom stereocenters. The summed E-state index contributed by atoms with van der Waals surface area (Å²) < 4.78 is 5.28. The number of nitrogens with zero attached hydrogens (tertiary/aromatic N) is 1. The van der Waals surface area contributed by atoms with Gasteiger partial charge in [-0.25, -0.2) is 4.79 Å². The third kappa shape index (κ3) is 3.48. The van der Waals surface area contributed by atoms with Crippen LogP contribution in [0, 0.1) is 17.8 Å². The lowest BCUT2D eigenvalue weighted by Gasteiger charge is -2.31. The largest absolute Gasteiger partial charge is 0.481 e. The number of ether oxygens (including phenoxy) is 1. The number of hydrogen-bond donors (Lipinski definition) is 2. The van der Waals surface area contributed by atoms with Crippen LogP contribution in [-0.4, -0.2) is 54.4 Å². The fourth-order valence-corrected chi connectivity index (χ4v) is 3.81. The minimum absolute atomic E-state index is 0.166. The van der Waals surface area contributed by atoms with Gasteiger partial charge in [-0.15, -0.1) is 0 Å². The average molecular weight is 298 g/mol. The number of likely N-dealkylation sites (N-methyl/N-ethyl adjacent to an activating group) is 1. The van der Waals surface area contributed by atoms with E-state index in [4.69, 9.17) is 4.74 Å². The average Bonchev–Trinajstić information content (AvgIpc) is 3.04. The molecular formula is C15H26N2O4. The number of carboxylic acids is 1. The predicted molar refractivity (Wildman–Crippen MR) is 78.0 cm³/mol. The lowest BCUT2D eigenvalue weighted by Crippen LogP contribution is -2.52. The van der Waals surface area contributed by atoms with Gasteiger partial charge in [0.2, 0.25) is 0 Å². The molecule has 2 aliphatic carbocycles. The Bertz CT molecular complexity index is 388. The molecule has 4 unspecified atom stereocenters. The Labute approximate surface area is 125 Å². The highest BCUT2D eigenvalue weighted by atomic mass is 16.5. The highest BCUT2D eigenvalue weighted by Gasteiger charge is 2.51. The van der Waals surface area contributed by atoms with Crippen molar-refractivity contribution in [2.24, 2.45) is 17.8 Å². The molecule has 0 aromatic carbocycles. The van der Waals surface area contributed by atoms with E-state index in [-0.39, 0.29) is 18.0 Å². The second kappa shape index (κ2) is 7.11. The summed E-state index contributed by atoms with van der Waals surface area (Å²) in [5.41, 5.74) is 0. The van der Waals surface area contributed by atoms with E-state index >= 15 is 0 Å². The van der Waals surface area contributed by atoms with E-state index in [2.05, 4.69) is 5.32 Å². The number of nitrogens with one attached hydrogen (secondary N) is 1. The van der Waals surface area contributed by atoms with E-state index in [0.29, 0.717) is 32.2 Å². The summed E-state index contributed by atoms with van der Waals surface area (Å²) in [5, 5.41) is 12.4. The van der Waals surface area contributed by atoms with Crippen LogP contribution in [0.1, 0.15) is 33.1 Å². The molecule has 2 N–H and O–H groups in total. The minimum atomic E-state index is -0.773. The fraction of sp³-hybridized carbons (Fsp3) is 0.867. The van der Waals surface area contributed by atoms with E-state index in [0.717, 1.165) is 19.3 Å². The van der Waals surface area contributed by atoms with Crippen LogP contribution in [-0.2, 0) is 9.53 Å². The molecule has 0 aliphatic heterocycles. The first-order chi connectivity index (χ1) is 10.1. The number of urea groups is 1. The standard InChI is InChI=1S/C15H26N2O4/c1-3-17(7-8-21-4-2)15(20)16-13-11-6-5-10(9-11)12(13)14(18)19/h10-13H,3-9H2,1-2H3,(H,16,20)(H,18,19). The number of rotatable bonds is 7. The maximum atomic E-state index is 12.3. The van der Waals surface area contributed by atoms with Gasteiger partial charge in [0.05, 0.1) is 12.5 Å². The number of fused-ring (bicyclic) bond motifs is 2. The SMILES string of the molecule is CCOCCN(CC)C(=O)NC1C2CCC(C2)C1C(=O)O. The molecule has 21 heavy (non-hydrogen) atoms. The summed E-state index contributed by atoms with van der Waals surface area (Å²) in [6.07, 6.45) is 2.95. The molecule has 2 saturated carbocycles. The molecule has 0 spiro atoms. The van der Waals surface area contributed by atoms with Crippen LogP contribution >= 0.6 is 0 Å². The van der Waals surface area contributed by atoms with Gasteiger partial charge in [0.15, 0.2) is 0 Å². The smallest absolute Gasteiger partial charge is 0.317 e. The van der Waals surface area contributed by atoms with Crippen LogP contribution in [0.5, 0.6) is 0 Å². The topological polar surface area (TPSA) is 78.9 Å². The molecule has 120 valence electrons. The Morgan fingerprint density at radius 3 is 2.62 bits per heavy atom.